The fraction of sp³-hybridized carbons (Fsp3) is 1.00. The molecule has 0 radical (unpaired) electrons. The average Bonchev–Trinajstić information content (AvgIpc) is 1.99. The van der Waals surface area contributed by atoms with E-state index in [0.29, 0.717) is 12.6 Å². The molecule has 0 aliphatic rings. The molecular weight excluding hydrogens is 128 g/mol. The molecule has 3 heteroatoms. The number of aliphatic hydroxyl groups excluding tert-OH is 1. The van der Waals surface area contributed by atoms with Crippen molar-refractivity contribution in [1.82, 2.24) is 5.32 Å². The first-order chi connectivity index (χ1) is 4.74. The van der Waals surface area contributed by atoms with Gasteiger partial charge in [0.25, 0.3) is 0 Å². The lowest BCUT2D eigenvalue weighted by molar-refractivity contribution is 0.235. The van der Waals surface area contributed by atoms with Gasteiger partial charge in [0.05, 0.1) is 6.61 Å². The van der Waals surface area contributed by atoms with E-state index in [-0.39, 0.29) is 12.6 Å². The van der Waals surface area contributed by atoms with E-state index in [1.807, 2.05) is 0 Å². The summed E-state index contributed by atoms with van der Waals surface area (Å²) in [4.78, 5) is 0. The first-order valence-corrected chi connectivity index (χ1v) is 3.81. The van der Waals surface area contributed by atoms with Crippen LogP contribution in [0.2, 0.25) is 0 Å². The van der Waals surface area contributed by atoms with Crippen LogP contribution in [0.1, 0.15) is 20.3 Å². The SMILES string of the molecule is CCC(C)NC(CN)CO. The van der Waals surface area contributed by atoms with E-state index in [1.54, 1.807) is 0 Å². The van der Waals surface area contributed by atoms with Crippen LogP contribution in [0.25, 0.3) is 0 Å². The fourth-order valence-corrected chi connectivity index (χ4v) is 0.716. The van der Waals surface area contributed by atoms with Crippen molar-refractivity contribution in [2.45, 2.75) is 32.4 Å². The van der Waals surface area contributed by atoms with Gasteiger partial charge in [0.1, 0.15) is 0 Å². The molecule has 3 nitrogen and oxygen atoms in total. The highest BCUT2D eigenvalue weighted by molar-refractivity contribution is 4.69. The predicted octanol–water partition coefficient (Wildman–Crippen LogP) is -0.306. The van der Waals surface area contributed by atoms with Crippen LogP contribution in [0.3, 0.4) is 0 Å². The smallest absolute Gasteiger partial charge is 0.0597 e. The molecule has 0 aliphatic heterocycles. The van der Waals surface area contributed by atoms with Crippen LogP contribution in [0.5, 0.6) is 0 Å². The van der Waals surface area contributed by atoms with Crippen molar-refractivity contribution >= 4 is 0 Å². The molecule has 0 heterocycles. The van der Waals surface area contributed by atoms with Crippen LogP contribution in [-0.2, 0) is 0 Å². The zero-order valence-corrected chi connectivity index (χ0v) is 6.80. The van der Waals surface area contributed by atoms with Gasteiger partial charge in [0, 0.05) is 18.6 Å². The van der Waals surface area contributed by atoms with E-state index < -0.39 is 0 Å². The minimum absolute atomic E-state index is 0.0648. The Kier molecular flexibility index (Phi) is 5.58. The molecule has 62 valence electrons. The largest absolute Gasteiger partial charge is 0.395 e. The lowest BCUT2D eigenvalue weighted by Gasteiger charge is -2.18. The molecule has 0 spiro atoms. The monoisotopic (exact) mass is 146 g/mol. The minimum atomic E-state index is 0.0648. The number of hydrogen-bond donors (Lipinski definition) is 3. The van der Waals surface area contributed by atoms with Crippen molar-refractivity contribution in [2.24, 2.45) is 5.73 Å². The highest BCUT2D eigenvalue weighted by atomic mass is 16.3. The second kappa shape index (κ2) is 5.65. The van der Waals surface area contributed by atoms with Gasteiger partial charge < -0.3 is 16.2 Å². The Bertz CT molecular complexity index is 74.0. The van der Waals surface area contributed by atoms with Crippen LogP contribution in [0.15, 0.2) is 0 Å². The Balaban J connectivity index is 3.41. The fourth-order valence-electron chi connectivity index (χ4n) is 0.716. The summed E-state index contributed by atoms with van der Waals surface area (Å²) in [5.74, 6) is 0. The number of nitrogens with two attached hydrogens (primary N) is 1. The zero-order chi connectivity index (χ0) is 7.98. The van der Waals surface area contributed by atoms with Gasteiger partial charge in [-0.1, -0.05) is 6.92 Å². The molecule has 0 rings (SSSR count). The normalized spacial score (nSPS) is 16.8. The van der Waals surface area contributed by atoms with Crippen LogP contribution < -0.4 is 11.1 Å². The zero-order valence-electron chi connectivity index (χ0n) is 6.80. The summed E-state index contributed by atoms with van der Waals surface area (Å²) in [5, 5.41) is 11.9. The molecule has 10 heavy (non-hydrogen) atoms. The van der Waals surface area contributed by atoms with Gasteiger partial charge in [-0.15, -0.1) is 0 Å². The van der Waals surface area contributed by atoms with Crippen molar-refractivity contribution in [3.8, 4) is 0 Å². The summed E-state index contributed by atoms with van der Waals surface area (Å²) in [6.45, 7) is 4.81. The molecule has 0 saturated heterocycles. The molecule has 0 aromatic heterocycles. The summed E-state index contributed by atoms with van der Waals surface area (Å²) in [6.07, 6.45) is 1.07. The molecule has 0 aromatic rings. The first-order valence-electron chi connectivity index (χ1n) is 3.81. The van der Waals surface area contributed by atoms with E-state index >= 15 is 0 Å². The van der Waals surface area contributed by atoms with Gasteiger partial charge in [-0.2, -0.15) is 0 Å². The van der Waals surface area contributed by atoms with Crippen LogP contribution in [-0.4, -0.2) is 30.3 Å². The van der Waals surface area contributed by atoms with E-state index in [0.717, 1.165) is 6.42 Å². The van der Waals surface area contributed by atoms with Crippen LogP contribution in [0.4, 0.5) is 0 Å². The van der Waals surface area contributed by atoms with Crippen molar-refractivity contribution in [2.75, 3.05) is 13.2 Å². The second-order valence-electron chi connectivity index (χ2n) is 2.59. The Morgan fingerprint density at radius 3 is 2.50 bits per heavy atom. The van der Waals surface area contributed by atoms with Crippen LogP contribution >= 0.6 is 0 Å². The molecular formula is C7H18N2O. The van der Waals surface area contributed by atoms with Crippen LogP contribution in [0, 0.1) is 0 Å². The lowest BCUT2D eigenvalue weighted by atomic mass is 10.2. The Labute approximate surface area is 62.6 Å². The predicted molar refractivity (Wildman–Crippen MR) is 42.8 cm³/mol. The first kappa shape index (κ1) is 9.88. The summed E-state index contributed by atoms with van der Waals surface area (Å²) >= 11 is 0. The molecule has 0 fully saturated rings. The average molecular weight is 146 g/mol. The summed E-state index contributed by atoms with van der Waals surface area (Å²) < 4.78 is 0. The Hall–Kier alpha value is -0.120. The summed E-state index contributed by atoms with van der Waals surface area (Å²) in [6, 6.07) is 0.510. The molecule has 4 N–H and O–H groups in total. The standard InChI is InChI=1S/C7H18N2O/c1-3-6(2)9-7(4-8)5-10/h6-7,9-10H,3-5,8H2,1-2H3. The van der Waals surface area contributed by atoms with Gasteiger partial charge in [-0.3, -0.25) is 0 Å². The topological polar surface area (TPSA) is 58.3 Å². The van der Waals surface area contributed by atoms with Crippen molar-refractivity contribution in [3.63, 3.8) is 0 Å². The highest BCUT2D eigenvalue weighted by Crippen LogP contribution is 1.89. The maximum atomic E-state index is 8.73. The maximum absolute atomic E-state index is 8.73. The van der Waals surface area contributed by atoms with E-state index in [9.17, 15) is 0 Å². The lowest BCUT2D eigenvalue weighted by Crippen LogP contribution is -2.43. The second-order valence-corrected chi connectivity index (χ2v) is 2.59. The number of hydrogen-bond acceptors (Lipinski definition) is 3. The maximum Gasteiger partial charge on any atom is 0.0597 e. The quantitative estimate of drug-likeness (QED) is 0.499. The van der Waals surface area contributed by atoms with Gasteiger partial charge in [-0.05, 0) is 13.3 Å². The molecule has 0 saturated carbocycles. The van der Waals surface area contributed by atoms with E-state index in [1.165, 1.54) is 0 Å². The third kappa shape index (κ3) is 3.82. The third-order valence-corrected chi connectivity index (χ3v) is 1.64. The van der Waals surface area contributed by atoms with Gasteiger partial charge >= 0.3 is 0 Å². The number of nitrogens with one attached hydrogen (secondary N) is 1. The Morgan fingerprint density at radius 2 is 2.20 bits per heavy atom. The van der Waals surface area contributed by atoms with Gasteiger partial charge in [-0.25, -0.2) is 0 Å². The Morgan fingerprint density at radius 1 is 1.60 bits per heavy atom. The number of rotatable bonds is 5. The van der Waals surface area contributed by atoms with E-state index in [2.05, 4.69) is 19.2 Å². The molecule has 0 bridgehead atoms. The summed E-state index contributed by atoms with van der Waals surface area (Å²) in [7, 11) is 0. The molecule has 2 atom stereocenters. The van der Waals surface area contributed by atoms with Crippen molar-refractivity contribution in [1.29, 1.82) is 0 Å². The minimum Gasteiger partial charge on any atom is -0.395 e. The third-order valence-electron chi connectivity index (χ3n) is 1.64. The van der Waals surface area contributed by atoms with E-state index in [4.69, 9.17) is 10.8 Å². The van der Waals surface area contributed by atoms with Gasteiger partial charge in [0.15, 0.2) is 0 Å². The summed E-state index contributed by atoms with van der Waals surface area (Å²) in [5.41, 5.74) is 5.36. The van der Waals surface area contributed by atoms with Gasteiger partial charge in [0.2, 0.25) is 0 Å². The molecule has 2 unspecified atom stereocenters. The molecule has 0 aliphatic carbocycles. The van der Waals surface area contributed by atoms with Crippen molar-refractivity contribution in [3.05, 3.63) is 0 Å². The molecule has 0 amide bonds. The number of aliphatic hydroxyl groups is 1. The van der Waals surface area contributed by atoms with Crippen molar-refractivity contribution < 1.29 is 5.11 Å². The molecule has 0 aromatic carbocycles. The highest BCUT2D eigenvalue weighted by Gasteiger charge is 2.06.